The van der Waals surface area contributed by atoms with E-state index < -0.39 is 0 Å². The lowest BCUT2D eigenvalue weighted by Crippen LogP contribution is -1.87. The molecule has 3 nitrogen and oxygen atoms in total. The van der Waals surface area contributed by atoms with Crippen LogP contribution in [0.2, 0.25) is 0 Å². The molecule has 0 aliphatic rings. The Bertz CT molecular complexity index is 595. The molecule has 0 atom stereocenters. The van der Waals surface area contributed by atoms with Gasteiger partial charge in [-0.2, -0.15) is 0 Å². The molecule has 3 rings (SSSR count). The maximum Gasteiger partial charge on any atom is 0.159 e. The summed E-state index contributed by atoms with van der Waals surface area (Å²) < 4.78 is 1.92. The molecule has 0 bridgehead atoms. The molecular formula is C11H9N3S. The summed E-state index contributed by atoms with van der Waals surface area (Å²) in [7, 11) is 1.95. The van der Waals surface area contributed by atoms with E-state index in [9.17, 15) is 0 Å². The Hall–Kier alpha value is -1.68. The van der Waals surface area contributed by atoms with Crippen LogP contribution >= 0.6 is 11.3 Å². The first kappa shape index (κ1) is 8.61. The van der Waals surface area contributed by atoms with Gasteiger partial charge in [-0.15, -0.1) is 11.3 Å². The van der Waals surface area contributed by atoms with E-state index in [-0.39, 0.29) is 0 Å². The number of hydrogen-bond donors (Lipinski definition) is 0. The van der Waals surface area contributed by atoms with E-state index in [4.69, 9.17) is 0 Å². The molecule has 0 N–H and O–H groups in total. The first-order valence-corrected chi connectivity index (χ1v) is 5.53. The fourth-order valence-electron chi connectivity index (χ4n) is 1.59. The predicted octanol–water partition coefficient (Wildman–Crippen LogP) is 2.70. The molecule has 15 heavy (non-hydrogen) atoms. The Labute approximate surface area is 91.0 Å². The van der Waals surface area contributed by atoms with Crippen molar-refractivity contribution in [1.29, 1.82) is 0 Å². The first-order valence-electron chi connectivity index (χ1n) is 4.65. The average molecular weight is 215 g/mol. The maximum absolute atomic E-state index is 4.40. The van der Waals surface area contributed by atoms with Crippen LogP contribution in [-0.4, -0.2) is 14.5 Å². The second-order valence-corrected chi connectivity index (χ2v) is 4.35. The normalized spacial score (nSPS) is 11.0. The largest absolute Gasteiger partial charge is 0.318 e. The number of hydrogen-bond acceptors (Lipinski definition) is 3. The van der Waals surface area contributed by atoms with Gasteiger partial charge in [0.05, 0.1) is 6.33 Å². The third-order valence-electron chi connectivity index (χ3n) is 2.36. The summed E-state index contributed by atoms with van der Waals surface area (Å²) in [6.45, 7) is 0. The maximum atomic E-state index is 4.40. The Morgan fingerprint density at radius 1 is 1.33 bits per heavy atom. The first-order chi connectivity index (χ1) is 7.34. The second-order valence-electron chi connectivity index (χ2n) is 3.40. The van der Waals surface area contributed by atoms with Crippen LogP contribution in [0.15, 0.2) is 36.1 Å². The van der Waals surface area contributed by atoms with E-state index in [0.29, 0.717) is 0 Å². The number of thiophene rings is 1. The molecule has 0 spiro atoms. The lowest BCUT2D eigenvalue weighted by molar-refractivity contribution is 0.931. The van der Waals surface area contributed by atoms with Crippen molar-refractivity contribution in [3.05, 3.63) is 36.1 Å². The van der Waals surface area contributed by atoms with Gasteiger partial charge in [-0.05, 0) is 17.5 Å². The van der Waals surface area contributed by atoms with Crippen molar-refractivity contribution in [3.63, 3.8) is 0 Å². The number of aryl methyl sites for hydroxylation is 1. The van der Waals surface area contributed by atoms with Gasteiger partial charge in [0.2, 0.25) is 0 Å². The van der Waals surface area contributed by atoms with Crippen LogP contribution in [0.5, 0.6) is 0 Å². The summed E-state index contributed by atoms with van der Waals surface area (Å²) in [6, 6.07) is 6.22. The zero-order valence-electron chi connectivity index (χ0n) is 8.21. The summed E-state index contributed by atoms with van der Waals surface area (Å²) in [5, 5.41) is 2.07. The zero-order chi connectivity index (χ0) is 10.3. The molecule has 0 aliphatic heterocycles. The van der Waals surface area contributed by atoms with Crippen molar-refractivity contribution in [3.8, 4) is 10.4 Å². The van der Waals surface area contributed by atoms with Crippen LogP contribution in [0.25, 0.3) is 21.6 Å². The Morgan fingerprint density at radius 3 is 3.07 bits per heavy atom. The van der Waals surface area contributed by atoms with Gasteiger partial charge in [0.15, 0.2) is 5.65 Å². The van der Waals surface area contributed by atoms with Crippen molar-refractivity contribution in [2.45, 2.75) is 0 Å². The average Bonchev–Trinajstić information content (AvgIpc) is 2.88. The number of imidazole rings is 1. The summed E-state index contributed by atoms with van der Waals surface area (Å²) in [4.78, 5) is 9.93. The van der Waals surface area contributed by atoms with Gasteiger partial charge in [0.1, 0.15) is 5.52 Å². The summed E-state index contributed by atoms with van der Waals surface area (Å²) in [5.41, 5.74) is 3.01. The van der Waals surface area contributed by atoms with E-state index in [0.717, 1.165) is 16.7 Å². The van der Waals surface area contributed by atoms with Crippen molar-refractivity contribution in [1.82, 2.24) is 14.5 Å². The highest BCUT2D eigenvalue weighted by molar-refractivity contribution is 7.13. The summed E-state index contributed by atoms with van der Waals surface area (Å²) in [5.74, 6) is 0. The molecule has 0 unspecified atom stereocenters. The zero-order valence-corrected chi connectivity index (χ0v) is 9.03. The standard InChI is InChI=1S/C11H9N3S/c1-14-7-13-9-5-8(6-12-11(9)14)10-3-2-4-15-10/h2-7H,1H3. The monoisotopic (exact) mass is 215 g/mol. The SMILES string of the molecule is Cn1cnc2cc(-c3cccs3)cnc21. The highest BCUT2D eigenvalue weighted by Crippen LogP contribution is 2.25. The molecule has 74 valence electrons. The van der Waals surface area contributed by atoms with Crippen LogP contribution < -0.4 is 0 Å². The molecule has 0 saturated carbocycles. The molecule has 0 saturated heterocycles. The fraction of sp³-hybridized carbons (Fsp3) is 0.0909. The minimum Gasteiger partial charge on any atom is -0.318 e. The van der Waals surface area contributed by atoms with Gasteiger partial charge < -0.3 is 4.57 Å². The van der Waals surface area contributed by atoms with Crippen LogP contribution in [0.1, 0.15) is 0 Å². The van der Waals surface area contributed by atoms with Crippen LogP contribution in [-0.2, 0) is 7.05 Å². The Balaban J connectivity index is 2.23. The smallest absolute Gasteiger partial charge is 0.159 e. The van der Waals surface area contributed by atoms with Crippen LogP contribution in [0, 0.1) is 0 Å². The van der Waals surface area contributed by atoms with Crippen molar-refractivity contribution >= 4 is 22.5 Å². The van der Waals surface area contributed by atoms with Crippen LogP contribution in [0.3, 0.4) is 0 Å². The quantitative estimate of drug-likeness (QED) is 0.625. The molecule has 0 aliphatic carbocycles. The molecular weight excluding hydrogens is 206 g/mol. The summed E-state index contributed by atoms with van der Waals surface area (Å²) >= 11 is 1.72. The molecule has 4 heteroatoms. The Kier molecular flexibility index (Phi) is 1.82. The minimum atomic E-state index is 0.926. The number of rotatable bonds is 1. The lowest BCUT2D eigenvalue weighted by atomic mass is 10.2. The van der Waals surface area contributed by atoms with Gasteiger partial charge in [-0.3, -0.25) is 0 Å². The van der Waals surface area contributed by atoms with E-state index in [1.807, 2.05) is 23.9 Å². The predicted molar refractivity (Wildman–Crippen MR) is 61.8 cm³/mol. The number of nitrogens with zero attached hydrogens (tertiary/aromatic N) is 3. The highest BCUT2D eigenvalue weighted by atomic mass is 32.1. The summed E-state index contributed by atoms with van der Waals surface area (Å²) in [6.07, 6.45) is 3.69. The van der Waals surface area contributed by atoms with E-state index in [2.05, 4.69) is 27.5 Å². The van der Waals surface area contributed by atoms with Gasteiger partial charge >= 0.3 is 0 Å². The molecule has 0 aromatic carbocycles. The molecule has 0 amide bonds. The van der Waals surface area contributed by atoms with Crippen LogP contribution in [0.4, 0.5) is 0 Å². The van der Waals surface area contributed by atoms with Crippen molar-refractivity contribution in [2.75, 3.05) is 0 Å². The number of pyridine rings is 1. The van der Waals surface area contributed by atoms with E-state index in [1.165, 1.54) is 4.88 Å². The highest BCUT2D eigenvalue weighted by Gasteiger charge is 2.04. The number of aromatic nitrogens is 3. The molecule has 3 heterocycles. The van der Waals surface area contributed by atoms with Gasteiger partial charge in [-0.25, -0.2) is 9.97 Å². The Morgan fingerprint density at radius 2 is 2.27 bits per heavy atom. The molecule has 3 aromatic heterocycles. The minimum absolute atomic E-state index is 0.926. The van der Waals surface area contributed by atoms with Gasteiger partial charge in [0, 0.05) is 23.7 Å². The van der Waals surface area contributed by atoms with Gasteiger partial charge in [-0.1, -0.05) is 6.07 Å². The third-order valence-corrected chi connectivity index (χ3v) is 3.28. The number of fused-ring (bicyclic) bond motifs is 1. The molecule has 3 aromatic rings. The van der Waals surface area contributed by atoms with E-state index >= 15 is 0 Å². The van der Waals surface area contributed by atoms with Crippen molar-refractivity contribution < 1.29 is 0 Å². The fourth-order valence-corrected chi connectivity index (χ4v) is 2.30. The second kappa shape index (κ2) is 3.17. The molecule has 0 fully saturated rings. The third kappa shape index (κ3) is 1.34. The lowest BCUT2D eigenvalue weighted by Gasteiger charge is -1.97. The van der Waals surface area contributed by atoms with Gasteiger partial charge in [0.25, 0.3) is 0 Å². The molecule has 0 radical (unpaired) electrons. The van der Waals surface area contributed by atoms with E-state index in [1.54, 1.807) is 17.7 Å². The van der Waals surface area contributed by atoms with Crippen molar-refractivity contribution in [2.24, 2.45) is 7.05 Å². The topological polar surface area (TPSA) is 30.7 Å².